The zero-order chi connectivity index (χ0) is 15.5. The zero-order valence-corrected chi connectivity index (χ0v) is 15.1. The van der Waals surface area contributed by atoms with Crippen molar-refractivity contribution in [3.63, 3.8) is 0 Å². The fourth-order valence-electron chi connectivity index (χ4n) is 2.83. The monoisotopic (exact) mass is 372 g/mol. The molecule has 0 bridgehead atoms. The molecule has 1 saturated heterocycles. The van der Waals surface area contributed by atoms with Crippen LogP contribution in [0.5, 0.6) is 0 Å². The minimum absolute atomic E-state index is 0. The van der Waals surface area contributed by atoms with Gasteiger partial charge in [-0.15, -0.1) is 24.8 Å². The smallest absolute Gasteiger partial charge is 0.314 e. The molecular formula is C16H25Cl2F3N2. The number of nitrogens with zero attached hydrogens (tertiary/aromatic N) is 1. The molecule has 1 atom stereocenters. The first kappa shape index (κ1) is 22.5. The molecule has 0 aliphatic carbocycles. The van der Waals surface area contributed by atoms with Crippen molar-refractivity contribution in [1.82, 2.24) is 10.2 Å². The average molecular weight is 373 g/mol. The van der Waals surface area contributed by atoms with E-state index in [9.17, 15) is 13.2 Å². The number of halogens is 5. The van der Waals surface area contributed by atoms with Crippen LogP contribution >= 0.6 is 24.8 Å². The summed E-state index contributed by atoms with van der Waals surface area (Å²) in [6, 6.07) is 5.88. The zero-order valence-electron chi connectivity index (χ0n) is 13.4. The number of aryl methyl sites for hydroxylation is 2. The van der Waals surface area contributed by atoms with Crippen LogP contribution < -0.4 is 5.32 Å². The summed E-state index contributed by atoms with van der Waals surface area (Å²) in [5, 5.41) is 3.25. The third-order valence-electron chi connectivity index (χ3n) is 4.21. The van der Waals surface area contributed by atoms with Crippen molar-refractivity contribution < 1.29 is 13.2 Å². The number of alkyl halides is 3. The maximum Gasteiger partial charge on any atom is 0.389 e. The molecule has 0 unspecified atom stereocenters. The Hall–Kier alpha value is -0.490. The number of hydrogen-bond donors (Lipinski definition) is 1. The van der Waals surface area contributed by atoms with Crippen molar-refractivity contribution in [3.8, 4) is 0 Å². The van der Waals surface area contributed by atoms with Crippen LogP contribution in [0.4, 0.5) is 13.2 Å². The minimum atomic E-state index is -4.09. The summed E-state index contributed by atoms with van der Waals surface area (Å²) in [6.45, 7) is 7.32. The van der Waals surface area contributed by atoms with Crippen LogP contribution in [0.1, 0.15) is 35.6 Å². The number of benzene rings is 1. The Labute approximate surface area is 148 Å². The van der Waals surface area contributed by atoms with Crippen LogP contribution in [0.25, 0.3) is 0 Å². The number of hydrogen-bond acceptors (Lipinski definition) is 2. The molecule has 0 aromatic heterocycles. The molecule has 1 heterocycles. The molecule has 2 nitrogen and oxygen atoms in total. The fourth-order valence-corrected chi connectivity index (χ4v) is 2.83. The predicted molar refractivity (Wildman–Crippen MR) is 92.9 cm³/mol. The van der Waals surface area contributed by atoms with Crippen LogP contribution in [0.3, 0.4) is 0 Å². The van der Waals surface area contributed by atoms with Gasteiger partial charge in [-0.2, -0.15) is 13.2 Å². The van der Waals surface area contributed by atoms with Crippen molar-refractivity contribution >= 4 is 24.8 Å². The summed E-state index contributed by atoms with van der Waals surface area (Å²) in [4.78, 5) is 2.17. The summed E-state index contributed by atoms with van der Waals surface area (Å²) in [5.74, 6) is 0. The summed E-state index contributed by atoms with van der Waals surface area (Å²) >= 11 is 0. The van der Waals surface area contributed by atoms with Crippen LogP contribution in [0, 0.1) is 13.8 Å². The van der Waals surface area contributed by atoms with E-state index in [1.807, 2.05) is 32.0 Å². The molecule has 1 aliphatic heterocycles. The van der Waals surface area contributed by atoms with E-state index in [1.165, 1.54) is 5.56 Å². The Balaban J connectivity index is 0.00000242. The second-order valence-corrected chi connectivity index (χ2v) is 5.80. The molecule has 1 aromatic carbocycles. The van der Waals surface area contributed by atoms with Gasteiger partial charge >= 0.3 is 6.18 Å². The van der Waals surface area contributed by atoms with Crippen molar-refractivity contribution in [2.75, 3.05) is 26.2 Å². The summed E-state index contributed by atoms with van der Waals surface area (Å²) < 4.78 is 37.8. The highest BCUT2D eigenvalue weighted by atomic mass is 35.5. The second kappa shape index (κ2) is 9.72. The van der Waals surface area contributed by atoms with Gasteiger partial charge in [0.25, 0.3) is 0 Å². The van der Waals surface area contributed by atoms with Crippen molar-refractivity contribution in [3.05, 3.63) is 34.9 Å². The number of piperazine rings is 1. The molecule has 0 saturated carbocycles. The van der Waals surface area contributed by atoms with Crippen molar-refractivity contribution in [2.45, 2.75) is 38.9 Å². The summed E-state index contributed by atoms with van der Waals surface area (Å²) in [6.07, 6.45) is -4.69. The first-order valence-corrected chi connectivity index (χ1v) is 7.45. The molecule has 134 valence electrons. The Morgan fingerprint density at radius 1 is 1.09 bits per heavy atom. The fraction of sp³-hybridized carbons (Fsp3) is 0.625. The Bertz CT molecular complexity index is 475. The molecule has 1 aliphatic rings. The predicted octanol–water partition coefficient (Wildman–Crippen LogP) is 4.44. The third kappa shape index (κ3) is 6.87. The summed E-state index contributed by atoms with van der Waals surface area (Å²) in [5.41, 5.74) is 3.32. The Morgan fingerprint density at radius 2 is 1.70 bits per heavy atom. The third-order valence-corrected chi connectivity index (χ3v) is 4.21. The van der Waals surface area contributed by atoms with Crippen LogP contribution in [0.2, 0.25) is 0 Å². The molecule has 0 amide bonds. The SMILES string of the molecule is Cc1ccc([C@H](CCC(F)(F)F)N2CCNCC2)cc1C.Cl.Cl. The van der Waals surface area contributed by atoms with E-state index >= 15 is 0 Å². The Morgan fingerprint density at radius 3 is 2.22 bits per heavy atom. The topological polar surface area (TPSA) is 15.3 Å². The first-order valence-electron chi connectivity index (χ1n) is 7.45. The van der Waals surface area contributed by atoms with Gasteiger partial charge in [0.15, 0.2) is 0 Å². The molecule has 1 aromatic rings. The lowest BCUT2D eigenvalue weighted by Crippen LogP contribution is -2.45. The van der Waals surface area contributed by atoms with E-state index in [2.05, 4.69) is 10.2 Å². The van der Waals surface area contributed by atoms with Gasteiger partial charge in [0.05, 0.1) is 0 Å². The van der Waals surface area contributed by atoms with Crippen LogP contribution in [0.15, 0.2) is 18.2 Å². The maximum atomic E-state index is 12.6. The normalized spacial score (nSPS) is 17.1. The molecule has 7 heteroatoms. The molecular weight excluding hydrogens is 348 g/mol. The van der Waals surface area contributed by atoms with Gasteiger partial charge < -0.3 is 5.32 Å². The van der Waals surface area contributed by atoms with Gasteiger partial charge in [-0.1, -0.05) is 18.2 Å². The van der Waals surface area contributed by atoms with E-state index < -0.39 is 12.6 Å². The highest BCUT2D eigenvalue weighted by molar-refractivity contribution is 5.85. The Kier molecular flexibility index (Phi) is 9.51. The molecule has 0 radical (unpaired) electrons. The van der Waals surface area contributed by atoms with E-state index in [0.29, 0.717) is 0 Å². The molecule has 1 N–H and O–H groups in total. The maximum absolute atomic E-state index is 12.6. The van der Waals surface area contributed by atoms with Gasteiger partial charge in [-0.25, -0.2) is 0 Å². The van der Waals surface area contributed by atoms with Gasteiger partial charge in [0.2, 0.25) is 0 Å². The molecule has 0 spiro atoms. The van der Waals surface area contributed by atoms with E-state index in [4.69, 9.17) is 0 Å². The van der Waals surface area contributed by atoms with Crippen LogP contribution in [-0.2, 0) is 0 Å². The molecule has 1 fully saturated rings. The first-order chi connectivity index (χ1) is 9.87. The van der Waals surface area contributed by atoms with Crippen molar-refractivity contribution in [2.24, 2.45) is 0 Å². The number of nitrogens with one attached hydrogen (secondary N) is 1. The van der Waals surface area contributed by atoms with Crippen LogP contribution in [-0.4, -0.2) is 37.3 Å². The highest BCUT2D eigenvalue weighted by Crippen LogP contribution is 2.32. The average Bonchev–Trinajstić information content (AvgIpc) is 2.43. The van der Waals surface area contributed by atoms with E-state index in [1.54, 1.807) is 0 Å². The van der Waals surface area contributed by atoms with Gasteiger partial charge in [0, 0.05) is 38.6 Å². The standard InChI is InChI=1S/C16H23F3N2.2ClH/c1-12-3-4-14(11-13(12)2)15(5-6-16(17,18)19)21-9-7-20-8-10-21;;/h3-4,11,15,20H,5-10H2,1-2H3;2*1H/t15-;;/m0../s1. The van der Waals surface area contributed by atoms with E-state index in [0.717, 1.165) is 37.3 Å². The molecule has 2 rings (SSSR count). The lowest BCUT2D eigenvalue weighted by atomic mass is 9.96. The van der Waals surface area contributed by atoms with Gasteiger partial charge in [-0.3, -0.25) is 4.90 Å². The highest BCUT2D eigenvalue weighted by Gasteiger charge is 2.31. The van der Waals surface area contributed by atoms with Gasteiger partial charge in [0.1, 0.15) is 0 Å². The van der Waals surface area contributed by atoms with Gasteiger partial charge in [-0.05, 0) is 37.0 Å². The lowest BCUT2D eigenvalue weighted by molar-refractivity contribution is -0.138. The van der Waals surface area contributed by atoms with E-state index in [-0.39, 0.29) is 37.3 Å². The summed E-state index contributed by atoms with van der Waals surface area (Å²) in [7, 11) is 0. The largest absolute Gasteiger partial charge is 0.389 e. The quantitative estimate of drug-likeness (QED) is 0.840. The lowest BCUT2D eigenvalue weighted by Gasteiger charge is -2.35. The molecule has 23 heavy (non-hydrogen) atoms. The van der Waals surface area contributed by atoms with Crippen molar-refractivity contribution in [1.29, 1.82) is 0 Å². The number of rotatable bonds is 4. The second-order valence-electron chi connectivity index (χ2n) is 5.80. The minimum Gasteiger partial charge on any atom is -0.314 e.